The van der Waals surface area contributed by atoms with Gasteiger partial charge in [-0.2, -0.15) is 5.10 Å². The number of rotatable bonds is 6. The molecule has 1 saturated heterocycles. The summed E-state index contributed by atoms with van der Waals surface area (Å²) in [6, 6.07) is 13.1. The van der Waals surface area contributed by atoms with Crippen LogP contribution in [0.3, 0.4) is 0 Å². The highest BCUT2D eigenvalue weighted by atomic mass is 32.2. The summed E-state index contributed by atoms with van der Waals surface area (Å²) in [5.41, 5.74) is 3.80. The molecular weight excluding hydrogens is 440 g/mol. The Morgan fingerprint density at radius 1 is 0.970 bits per heavy atom. The van der Waals surface area contributed by atoms with Crippen LogP contribution in [0.5, 0.6) is 0 Å². The number of aliphatic hydroxyl groups is 1. The Labute approximate surface area is 191 Å². The molecule has 1 aliphatic heterocycles. The Morgan fingerprint density at radius 3 is 2.55 bits per heavy atom. The first-order chi connectivity index (χ1) is 16.0. The first-order valence-electron chi connectivity index (χ1n) is 10.7. The van der Waals surface area contributed by atoms with Crippen molar-refractivity contribution in [1.29, 1.82) is 0 Å². The van der Waals surface area contributed by atoms with E-state index in [0.717, 1.165) is 59.7 Å². The molecule has 33 heavy (non-hydrogen) atoms. The molecule has 5 rings (SSSR count). The highest BCUT2D eigenvalue weighted by molar-refractivity contribution is 7.91. The second-order valence-electron chi connectivity index (χ2n) is 7.93. The molecule has 0 aliphatic carbocycles. The summed E-state index contributed by atoms with van der Waals surface area (Å²) < 4.78 is 24.7. The van der Waals surface area contributed by atoms with Crippen LogP contribution in [0.2, 0.25) is 0 Å². The minimum atomic E-state index is -3.48. The van der Waals surface area contributed by atoms with Gasteiger partial charge in [0.1, 0.15) is 12.1 Å². The Kier molecular flexibility index (Phi) is 5.69. The molecule has 0 amide bonds. The highest BCUT2D eigenvalue weighted by Gasteiger charge is 2.22. The predicted octanol–water partition coefficient (Wildman–Crippen LogP) is 2.11. The van der Waals surface area contributed by atoms with E-state index in [9.17, 15) is 8.42 Å². The zero-order chi connectivity index (χ0) is 22.8. The average Bonchev–Trinajstić information content (AvgIpc) is 3.39. The van der Waals surface area contributed by atoms with Gasteiger partial charge in [0.2, 0.25) is 0 Å². The van der Waals surface area contributed by atoms with Gasteiger partial charge in [-0.3, -0.25) is 5.10 Å². The third-order valence-electron chi connectivity index (χ3n) is 5.93. The number of benzene rings is 2. The number of aliphatic hydroxyl groups excluding tert-OH is 1. The molecule has 0 saturated carbocycles. The largest absolute Gasteiger partial charge is 0.395 e. The normalized spacial score (nSPS) is 14.7. The quantitative estimate of drug-likeness (QED) is 0.446. The van der Waals surface area contributed by atoms with Gasteiger partial charge in [0.15, 0.2) is 9.84 Å². The van der Waals surface area contributed by atoms with E-state index in [2.05, 4.69) is 36.0 Å². The van der Waals surface area contributed by atoms with Crippen LogP contribution in [-0.4, -0.2) is 72.2 Å². The Balaban J connectivity index is 1.37. The molecule has 0 bridgehead atoms. The molecule has 2 aromatic heterocycles. The molecule has 2 N–H and O–H groups in total. The number of aromatic nitrogens is 4. The zero-order valence-electron chi connectivity index (χ0n) is 17.9. The van der Waals surface area contributed by atoms with Crippen molar-refractivity contribution in [1.82, 2.24) is 20.2 Å². The standard InChI is InChI=1S/C23H24N6O3S/c30-10-11-33(31,32)20-3-1-2-19(13-20)28-6-8-29(9-7-28)23-21-12-17(18-14-26-27-15-18)4-5-22(21)24-16-25-23/h1-5,12-16,30H,6-11H2,(H,26,27). The smallest absolute Gasteiger partial charge is 0.180 e. The maximum Gasteiger partial charge on any atom is 0.180 e. The number of sulfone groups is 1. The maximum atomic E-state index is 12.3. The summed E-state index contributed by atoms with van der Waals surface area (Å²) in [4.78, 5) is 13.7. The van der Waals surface area contributed by atoms with Crippen molar-refractivity contribution in [3.63, 3.8) is 0 Å². The van der Waals surface area contributed by atoms with Gasteiger partial charge in [-0.05, 0) is 35.9 Å². The molecule has 0 atom stereocenters. The van der Waals surface area contributed by atoms with Crippen molar-refractivity contribution < 1.29 is 13.5 Å². The summed E-state index contributed by atoms with van der Waals surface area (Å²) in [6.45, 7) is 2.57. The Hall–Kier alpha value is -3.50. The molecule has 0 unspecified atom stereocenters. The molecule has 10 heteroatoms. The van der Waals surface area contributed by atoms with Crippen molar-refractivity contribution in [3.8, 4) is 11.1 Å². The highest BCUT2D eigenvalue weighted by Crippen LogP contribution is 2.30. The van der Waals surface area contributed by atoms with Crippen LogP contribution in [0.25, 0.3) is 22.0 Å². The van der Waals surface area contributed by atoms with Gasteiger partial charge in [-0.1, -0.05) is 12.1 Å². The first-order valence-corrected chi connectivity index (χ1v) is 12.4. The van der Waals surface area contributed by atoms with Crippen LogP contribution in [0.4, 0.5) is 11.5 Å². The fourth-order valence-corrected chi connectivity index (χ4v) is 5.23. The average molecular weight is 465 g/mol. The van der Waals surface area contributed by atoms with Crippen molar-refractivity contribution in [2.24, 2.45) is 0 Å². The third-order valence-corrected chi connectivity index (χ3v) is 7.62. The first kappa shape index (κ1) is 21.4. The lowest BCUT2D eigenvalue weighted by Gasteiger charge is -2.37. The minimum Gasteiger partial charge on any atom is -0.395 e. The molecule has 3 heterocycles. The summed E-state index contributed by atoms with van der Waals surface area (Å²) in [5.74, 6) is 0.621. The molecule has 0 radical (unpaired) electrons. The number of hydrogen-bond donors (Lipinski definition) is 2. The van der Waals surface area contributed by atoms with Crippen molar-refractivity contribution in [2.45, 2.75) is 4.90 Å². The molecule has 1 aliphatic rings. The van der Waals surface area contributed by atoms with Crippen LogP contribution < -0.4 is 9.80 Å². The van der Waals surface area contributed by atoms with Gasteiger partial charge >= 0.3 is 0 Å². The fourth-order valence-electron chi connectivity index (χ4n) is 4.17. The molecule has 4 aromatic rings. The van der Waals surface area contributed by atoms with E-state index in [1.54, 1.807) is 30.7 Å². The van der Waals surface area contributed by atoms with E-state index in [4.69, 9.17) is 5.11 Å². The lowest BCUT2D eigenvalue weighted by atomic mass is 10.1. The third kappa shape index (κ3) is 4.27. The summed E-state index contributed by atoms with van der Waals surface area (Å²) in [5, 5.41) is 16.9. The van der Waals surface area contributed by atoms with Crippen molar-refractivity contribution >= 4 is 32.2 Å². The number of fused-ring (bicyclic) bond motifs is 1. The molecule has 170 valence electrons. The minimum absolute atomic E-state index is 0.241. The zero-order valence-corrected chi connectivity index (χ0v) is 18.7. The number of nitrogens with one attached hydrogen (secondary N) is 1. The molecule has 0 spiro atoms. The summed E-state index contributed by atoms with van der Waals surface area (Å²) >= 11 is 0. The van der Waals surface area contributed by atoms with Gasteiger partial charge in [-0.25, -0.2) is 18.4 Å². The fraction of sp³-hybridized carbons (Fsp3) is 0.261. The van der Waals surface area contributed by atoms with Crippen LogP contribution >= 0.6 is 0 Å². The second-order valence-corrected chi connectivity index (χ2v) is 10.0. The van der Waals surface area contributed by atoms with Gasteiger partial charge in [0.25, 0.3) is 0 Å². The predicted molar refractivity (Wildman–Crippen MR) is 127 cm³/mol. The number of H-pyrrole nitrogens is 1. The molecule has 1 fully saturated rings. The number of piperazine rings is 1. The maximum absolute atomic E-state index is 12.3. The van der Waals surface area contributed by atoms with Gasteiger partial charge in [0, 0.05) is 49.0 Å². The number of anilines is 2. The summed E-state index contributed by atoms with van der Waals surface area (Å²) in [7, 11) is -3.48. The van der Waals surface area contributed by atoms with Gasteiger partial charge in [-0.15, -0.1) is 0 Å². The van der Waals surface area contributed by atoms with E-state index in [0.29, 0.717) is 0 Å². The van der Waals surface area contributed by atoms with E-state index in [1.807, 2.05) is 24.4 Å². The Morgan fingerprint density at radius 2 is 1.79 bits per heavy atom. The molecule has 9 nitrogen and oxygen atoms in total. The number of hydrogen-bond acceptors (Lipinski definition) is 8. The topological polar surface area (TPSA) is 115 Å². The van der Waals surface area contributed by atoms with Crippen LogP contribution in [0, 0.1) is 0 Å². The Bertz CT molecular complexity index is 1370. The van der Waals surface area contributed by atoms with Gasteiger partial charge < -0.3 is 14.9 Å². The van der Waals surface area contributed by atoms with E-state index >= 15 is 0 Å². The molecule has 2 aromatic carbocycles. The lowest BCUT2D eigenvalue weighted by molar-refractivity contribution is 0.319. The van der Waals surface area contributed by atoms with E-state index in [1.165, 1.54) is 0 Å². The monoisotopic (exact) mass is 464 g/mol. The van der Waals surface area contributed by atoms with Crippen LogP contribution in [-0.2, 0) is 9.84 Å². The van der Waals surface area contributed by atoms with Gasteiger partial charge in [0.05, 0.1) is 29.0 Å². The molecular formula is C23H24N6O3S. The SMILES string of the molecule is O=S(=O)(CCO)c1cccc(N2CCN(c3ncnc4ccc(-c5cn[nH]c5)cc34)CC2)c1. The number of aromatic amines is 1. The van der Waals surface area contributed by atoms with E-state index < -0.39 is 9.84 Å². The van der Waals surface area contributed by atoms with Crippen LogP contribution in [0.1, 0.15) is 0 Å². The van der Waals surface area contributed by atoms with Crippen LogP contribution in [0.15, 0.2) is 66.1 Å². The van der Waals surface area contributed by atoms with E-state index in [-0.39, 0.29) is 17.3 Å². The number of nitrogens with zero attached hydrogens (tertiary/aromatic N) is 5. The second kappa shape index (κ2) is 8.80. The van der Waals surface area contributed by atoms with Crippen molar-refractivity contribution in [3.05, 3.63) is 61.2 Å². The summed E-state index contributed by atoms with van der Waals surface area (Å²) in [6.07, 6.45) is 5.24. The lowest BCUT2D eigenvalue weighted by Crippen LogP contribution is -2.47. The van der Waals surface area contributed by atoms with Crippen molar-refractivity contribution in [2.75, 3.05) is 48.3 Å².